The molecule has 0 heterocycles. The lowest BCUT2D eigenvalue weighted by Crippen LogP contribution is -2.22. The Balaban J connectivity index is 3.14. The van der Waals surface area contributed by atoms with Crippen LogP contribution in [0.2, 0.25) is 0 Å². The van der Waals surface area contributed by atoms with Crippen LogP contribution >= 0.6 is 11.6 Å². The van der Waals surface area contributed by atoms with Gasteiger partial charge < -0.3 is 4.74 Å². The number of amides is 1. The zero-order valence-corrected chi connectivity index (χ0v) is 13.0. The molecule has 0 aromatic heterocycles. The number of ether oxygens (including phenoxy) is 1. The lowest BCUT2D eigenvalue weighted by atomic mass is 10.2. The zero-order chi connectivity index (χ0) is 14.7. The molecular formula is C13H18ClNO3S. The van der Waals surface area contributed by atoms with Gasteiger partial charge in [0.25, 0.3) is 0 Å². The van der Waals surface area contributed by atoms with E-state index < -0.39 is 21.4 Å². The molecule has 0 aliphatic carbocycles. The number of carbonyl (C=O) groups excluding carboxylic acids is 1. The van der Waals surface area contributed by atoms with Crippen LogP contribution in [0.3, 0.4) is 0 Å². The maximum absolute atomic E-state index is 12.6. The molecule has 0 N–H and O–H groups in total. The smallest absolute Gasteiger partial charge is 0.442 e. The Hall–Kier alpha value is -1.07. The molecule has 1 amide bonds. The summed E-state index contributed by atoms with van der Waals surface area (Å²) in [5, 5.41) is -0.255. The summed E-state index contributed by atoms with van der Waals surface area (Å²) in [4.78, 5) is 12.1. The van der Waals surface area contributed by atoms with Gasteiger partial charge in [0.15, 0.2) is 0 Å². The quantitative estimate of drug-likeness (QED) is 0.777. The molecule has 1 unspecified atom stereocenters. The second-order valence-electron chi connectivity index (χ2n) is 5.13. The summed E-state index contributed by atoms with van der Waals surface area (Å²) in [6.07, 6.45) is -0.862. The molecule has 0 saturated heterocycles. The predicted octanol–water partition coefficient (Wildman–Crippen LogP) is 3.95. The maximum Gasteiger partial charge on any atom is 0.442 e. The van der Waals surface area contributed by atoms with E-state index in [4.69, 9.17) is 16.3 Å². The van der Waals surface area contributed by atoms with Crippen LogP contribution in [-0.2, 0) is 14.5 Å². The molecule has 0 fully saturated rings. The van der Waals surface area contributed by atoms with Gasteiger partial charge in [-0.2, -0.15) is 0 Å². The van der Waals surface area contributed by atoms with E-state index >= 15 is 0 Å². The molecule has 1 atom stereocenters. The number of hydrogen-bond donors (Lipinski definition) is 0. The molecular weight excluding hydrogens is 286 g/mol. The van der Waals surface area contributed by atoms with Crippen LogP contribution in [-0.4, -0.2) is 21.1 Å². The normalized spacial score (nSPS) is 14.6. The minimum absolute atomic E-state index is 0.255. The molecule has 4 nitrogen and oxygen atoms in total. The van der Waals surface area contributed by atoms with Gasteiger partial charge in [0.2, 0.25) is 0 Å². The number of aryl methyl sites for hydroxylation is 1. The fraction of sp³-hybridized carbons (Fsp3) is 0.462. The lowest BCUT2D eigenvalue weighted by Gasteiger charge is -2.17. The van der Waals surface area contributed by atoms with Crippen LogP contribution in [0.4, 0.5) is 4.79 Å². The van der Waals surface area contributed by atoms with Crippen molar-refractivity contribution >= 4 is 27.4 Å². The monoisotopic (exact) mass is 303 g/mol. The Kier molecular flexibility index (Phi) is 4.98. The van der Waals surface area contributed by atoms with Gasteiger partial charge in [-0.15, -0.1) is 16.0 Å². The molecule has 1 rings (SSSR count). The third-order valence-corrected chi connectivity index (χ3v) is 4.79. The number of rotatable bonds is 2. The largest absolute Gasteiger partial charge is 0.442 e. The first-order chi connectivity index (χ1) is 8.66. The lowest BCUT2D eigenvalue weighted by molar-refractivity contribution is 0.0607. The first-order valence-corrected chi connectivity index (χ1v) is 7.99. The van der Waals surface area contributed by atoms with Crippen LogP contribution in [0.1, 0.15) is 26.3 Å². The average molecular weight is 304 g/mol. The fourth-order valence-electron chi connectivity index (χ4n) is 1.29. The first kappa shape index (κ1) is 16.0. The second kappa shape index (κ2) is 5.92. The molecule has 106 valence electrons. The van der Waals surface area contributed by atoms with Crippen molar-refractivity contribution in [1.29, 1.82) is 0 Å². The second-order valence-corrected chi connectivity index (χ2v) is 7.94. The van der Waals surface area contributed by atoms with Crippen LogP contribution in [0.25, 0.3) is 0 Å². The molecule has 19 heavy (non-hydrogen) atoms. The van der Waals surface area contributed by atoms with E-state index in [9.17, 15) is 9.00 Å². The van der Waals surface area contributed by atoms with Crippen molar-refractivity contribution in [3.8, 4) is 0 Å². The number of nitrogens with zero attached hydrogens (tertiary/aromatic N) is 1. The highest BCUT2D eigenvalue weighted by Crippen LogP contribution is 2.18. The highest BCUT2D eigenvalue weighted by atomic mass is 35.5. The van der Waals surface area contributed by atoms with E-state index in [1.165, 1.54) is 0 Å². The summed E-state index contributed by atoms with van der Waals surface area (Å²) in [6, 6.07) is 6.92. The van der Waals surface area contributed by atoms with Gasteiger partial charge in [-0.1, -0.05) is 17.7 Å². The summed E-state index contributed by atoms with van der Waals surface area (Å²) >= 11 is 5.72. The average Bonchev–Trinajstić information content (AvgIpc) is 2.26. The molecule has 1 aromatic carbocycles. The van der Waals surface area contributed by atoms with Crippen molar-refractivity contribution in [1.82, 2.24) is 0 Å². The van der Waals surface area contributed by atoms with Crippen molar-refractivity contribution in [3.63, 3.8) is 0 Å². The minimum atomic E-state index is -2.98. The van der Waals surface area contributed by atoms with E-state index in [0.717, 1.165) is 5.56 Å². The van der Waals surface area contributed by atoms with Crippen molar-refractivity contribution in [3.05, 3.63) is 29.8 Å². The number of alkyl halides is 1. The van der Waals surface area contributed by atoms with E-state index in [-0.39, 0.29) is 5.21 Å². The van der Waals surface area contributed by atoms with Gasteiger partial charge in [-0.3, -0.25) is 0 Å². The molecule has 0 bridgehead atoms. The highest BCUT2D eigenvalue weighted by Gasteiger charge is 2.19. The summed E-state index contributed by atoms with van der Waals surface area (Å²) in [6.45, 7) is 7.07. The summed E-state index contributed by atoms with van der Waals surface area (Å²) in [5.41, 5.74) is 0.345. The zero-order valence-electron chi connectivity index (χ0n) is 11.5. The molecule has 0 aliphatic rings. The SMILES string of the molecule is Cc1ccc(S(=O)(CCl)=NC(=O)OC(C)(C)C)cc1. The van der Waals surface area contributed by atoms with Crippen molar-refractivity contribution < 1.29 is 13.7 Å². The Morgan fingerprint density at radius 1 is 1.32 bits per heavy atom. The van der Waals surface area contributed by atoms with E-state index in [0.29, 0.717) is 4.90 Å². The van der Waals surface area contributed by atoms with Gasteiger partial charge in [-0.05, 0) is 39.8 Å². The topological polar surface area (TPSA) is 55.7 Å². The molecule has 1 aromatic rings. The Morgan fingerprint density at radius 3 is 2.26 bits per heavy atom. The van der Waals surface area contributed by atoms with Gasteiger partial charge in [0.05, 0.1) is 0 Å². The molecule has 6 heteroatoms. The van der Waals surface area contributed by atoms with Crippen molar-refractivity contribution in [2.75, 3.05) is 5.21 Å². The Bertz CT molecular complexity index is 567. The first-order valence-electron chi connectivity index (χ1n) is 5.77. The van der Waals surface area contributed by atoms with Crippen LogP contribution < -0.4 is 0 Å². The van der Waals surface area contributed by atoms with E-state index in [1.54, 1.807) is 45.0 Å². The summed E-state index contributed by atoms with van der Waals surface area (Å²) < 4.78 is 21.2. The minimum Gasteiger partial charge on any atom is -0.442 e. The van der Waals surface area contributed by atoms with Crippen LogP contribution in [0.15, 0.2) is 33.5 Å². The highest BCUT2D eigenvalue weighted by molar-refractivity contribution is 7.95. The van der Waals surface area contributed by atoms with Gasteiger partial charge >= 0.3 is 6.09 Å². The summed E-state index contributed by atoms with van der Waals surface area (Å²) in [5.74, 6) is 0. The number of halogens is 1. The fourth-order valence-corrected chi connectivity index (χ4v) is 2.94. The van der Waals surface area contributed by atoms with Gasteiger partial charge in [-0.25, -0.2) is 9.00 Å². The molecule has 0 aliphatic heterocycles. The van der Waals surface area contributed by atoms with Crippen LogP contribution in [0.5, 0.6) is 0 Å². The van der Waals surface area contributed by atoms with E-state index in [2.05, 4.69) is 4.36 Å². The number of hydrogen-bond acceptors (Lipinski definition) is 3. The Morgan fingerprint density at radius 2 is 1.84 bits per heavy atom. The summed E-state index contributed by atoms with van der Waals surface area (Å²) in [7, 11) is -2.98. The number of carbonyl (C=O) groups is 1. The molecule has 0 spiro atoms. The maximum atomic E-state index is 12.6. The Labute approximate surface area is 119 Å². The molecule has 0 radical (unpaired) electrons. The third kappa shape index (κ3) is 4.84. The van der Waals surface area contributed by atoms with Gasteiger partial charge in [0, 0.05) is 4.90 Å². The van der Waals surface area contributed by atoms with E-state index in [1.807, 2.05) is 6.92 Å². The number of benzene rings is 1. The molecule has 0 saturated carbocycles. The van der Waals surface area contributed by atoms with Gasteiger partial charge in [0.1, 0.15) is 20.5 Å². The standard InChI is InChI=1S/C13H18ClNO3S/c1-10-5-7-11(8-6-10)19(17,9-14)15-12(16)18-13(2,3)4/h5-8H,9H2,1-4H3. The predicted molar refractivity (Wildman–Crippen MR) is 77.0 cm³/mol. The van der Waals surface area contributed by atoms with Crippen LogP contribution in [0, 0.1) is 6.92 Å². The van der Waals surface area contributed by atoms with Crippen molar-refractivity contribution in [2.45, 2.75) is 38.2 Å². The van der Waals surface area contributed by atoms with Crippen molar-refractivity contribution in [2.24, 2.45) is 4.36 Å². The third-order valence-electron chi connectivity index (χ3n) is 2.15.